The molecule has 0 aromatic heterocycles. The van der Waals surface area contributed by atoms with Crippen LogP contribution in [0, 0.1) is 6.92 Å². The van der Waals surface area contributed by atoms with Crippen LogP contribution in [0.4, 0.5) is 0 Å². The third kappa shape index (κ3) is 1.21. The SMILES string of the molecule is CC1=CC(=O)C2=Cc3ccc(C)cc3C2=C1. The quantitative estimate of drug-likeness (QED) is 0.639. The molecule has 0 aliphatic heterocycles. The zero-order chi connectivity index (χ0) is 11.3. The summed E-state index contributed by atoms with van der Waals surface area (Å²) in [7, 11) is 0. The van der Waals surface area contributed by atoms with Crippen molar-refractivity contribution in [3.8, 4) is 0 Å². The first-order chi connectivity index (χ1) is 7.65. The minimum Gasteiger partial charge on any atom is -0.289 e. The van der Waals surface area contributed by atoms with Gasteiger partial charge in [-0.2, -0.15) is 0 Å². The van der Waals surface area contributed by atoms with E-state index in [-0.39, 0.29) is 5.78 Å². The number of benzene rings is 1. The molecule has 0 saturated carbocycles. The molecule has 2 aliphatic rings. The molecule has 0 radical (unpaired) electrons. The molecule has 0 heterocycles. The molecule has 0 bridgehead atoms. The van der Waals surface area contributed by atoms with E-state index in [2.05, 4.69) is 31.2 Å². The summed E-state index contributed by atoms with van der Waals surface area (Å²) in [5.74, 6) is 0.129. The first-order valence-corrected chi connectivity index (χ1v) is 5.42. The van der Waals surface area contributed by atoms with Crippen LogP contribution in [0.3, 0.4) is 0 Å². The molecular weight excluding hydrogens is 196 g/mol. The van der Waals surface area contributed by atoms with Gasteiger partial charge in [-0.1, -0.05) is 29.8 Å². The van der Waals surface area contributed by atoms with Gasteiger partial charge >= 0.3 is 0 Å². The normalized spacial score (nSPS) is 17.4. The van der Waals surface area contributed by atoms with E-state index in [0.717, 1.165) is 22.3 Å². The zero-order valence-electron chi connectivity index (χ0n) is 9.37. The van der Waals surface area contributed by atoms with Crippen molar-refractivity contribution in [2.24, 2.45) is 0 Å². The molecule has 0 atom stereocenters. The molecule has 0 saturated heterocycles. The Bertz CT molecular complexity index is 598. The third-order valence-corrected chi connectivity index (χ3v) is 3.09. The molecule has 78 valence electrons. The first kappa shape index (κ1) is 9.34. The molecule has 1 heteroatoms. The molecular formula is C15H12O. The van der Waals surface area contributed by atoms with Gasteiger partial charge in [0.25, 0.3) is 0 Å². The molecule has 0 unspecified atom stereocenters. The summed E-state index contributed by atoms with van der Waals surface area (Å²) < 4.78 is 0. The van der Waals surface area contributed by atoms with Gasteiger partial charge in [0.1, 0.15) is 0 Å². The molecule has 0 N–H and O–H groups in total. The van der Waals surface area contributed by atoms with Gasteiger partial charge in [0.2, 0.25) is 0 Å². The highest BCUT2D eigenvalue weighted by Crippen LogP contribution is 2.39. The van der Waals surface area contributed by atoms with E-state index in [0.29, 0.717) is 0 Å². The number of hydrogen-bond donors (Lipinski definition) is 0. The van der Waals surface area contributed by atoms with Crippen LogP contribution in [0.1, 0.15) is 23.6 Å². The van der Waals surface area contributed by atoms with Gasteiger partial charge in [-0.05, 0) is 48.3 Å². The number of allylic oxidation sites excluding steroid dienone is 5. The van der Waals surface area contributed by atoms with E-state index < -0.39 is 0 Å². The van der Waals surface area contributed by atoms with Gasteiger partial charge in [-0.3, -0.25) is 4.79 Å². The van der Waals surface area contributed by atoms with Gasteiger partial charge in [0.05, 0.1) is 0 Å². The molecule has 0 amide bonds. The largest absolute Gasteiger partial charge is 0.289 e. The Labute approximate surface area is 94.8 Å². The molecule has 1 aromatic carbocycles. The van der Waals surface area contributed by atoms with Crippen molar-refractivity contribution in [1.29, 1.82) is 0 Å². The summed E-state index contributed by atoms with van der Waals surface area (Å²) in [6.45, 7) is 4.04. The van der Waals surface area contributed by atoms with Crippen molar-refractivity contribution in [3.05, 3.63) is 58.2 Å². The maximum absolute atomic E-state index is 11.9. The van der Waals surface area contributed by atoms with Crippen molar-refractivity contribution in [2.75, 3.05) is 0 Å². The Balaban J connectivity index is 2.26. The van der Waals surface area contributed by atoms with Crippen LogP contribution in [0.25, 0.3) is 11.6 Å². The fourth-order valence-electron chi connectivity index (χ4n) is 2.32. The number of ketones is 1. The topological polar surface area (TPSA) is 17.1 Å². The van der Waals surface area contributed by atoms with Crippen LogP contribution in [0.5, 0.6) is 0 Å². The second-order valence-corrected chi connectivity index (χ2v) is 4.46. The predicted molar refractivity (Wildman–Crippen MR) is 65.9 cm³/mol. The highest BCUT2D eigenvalue weighted by atomic mass is 16.1. The van der Waals surface area contributed by atoms with Crippen molar-refractivity contribution < 1.29 is 4.79 Å². The van der Waals surface area contributed by atoms with E-state index in [4.69, 9.17) is 0 Å². The van der Waals surface area contributed by atoms with E-state index in [1.807, 2.05) is 13.0 Å². The zero-order valence-corrected chi connectivity index (χ0v) is 9.37. The first-order valence-electron chi connectivity index (χ1n) is 5.42. The number of carbonyl (C=O) groups is 1. The van der Waals surface area contributed by atoms with Gasteiger partial charge < -0.3 is 0 Å². The molecule has 0 spiro atoms. The fraction of sp³-hybridized carbons (Fsp3) is 0.133. The second-order valence-electron chi connectivity index (χ2n) is 4.46. The maximum atomic E-state index is 11.9. The summed E-state index contributed by atoms with van der Waals surface area (Å²) in [6.07, 6.45) is 5.79. The van der Waals surface area contributed by atoms with Crippen molar-refractivity contribution in [2.45, 2.75) is 13.8 Å². The van der Waals surface area contributed by atoms with Crippen LogP contribution in [0.15, 0.2) is 41.5 Å². The number of fused-ring (bicyclic) bond motifs is 3. The Morgan fingerprint density at radius 3 is 2.56 bits per heavy atom. The van der Waals surface area contributed by atoms with Crippen LogP contribution in [-0.4, -0.2) is 5.78 Å². The average Bonchev–Trinajstić information content (AvgIpc) is 2.57. The van der Waals surface area contributed by atoms with Crippen molar-refractivity contribution >= 4 is 17.4 Å². The van der Waals surface area contributed by atoms with E-state index >= 15 is 0 Å². The lowest BCUT2D eigenvalue weighted by Gasteiger charge is -2.10. The highest BCUT2D eigenvalue weighted by Gasteiger charge is 2.25. The molecule has 0 fully saturated rings. The minimum atomic E-state index is 0.129. The smallest absolute Gasteiger partial charge is 0.186 e. The maximum Gasteiger partial charge on any atom is 0.186 e. The number of rotatable bonds is 0. The van der Waals surface area contributed by atoms with E-state index in [9.17, 15) is 4.79 Å². The Morgan fingerprint density at radius 1 is 0.938 bits per heavy atom. The molecule has 1 nitrogen and oxygen atoms in total. The molecule has 1 aromatic rings. The molecule has 16 heavy (non-hydrogen) atoms. The standard InChI is InChI=1S/C15H12O/c1-9-3-4-11-8-14-13(12(11)5-9)6-10(2)7-15(14)16/h3-8H,1-2H3. The Hall–Kier alpha value is -1.89. The van der Waals surface area contributed by atoms with Crippen molar-refractivity contribution in [3.63, 3.8) is 0 Å². The predicted octanol–water partition coefficient (Wildman–Crippen LogP) is 3.30. The van der Waals surface area contributed by atoms with Crippen LogP contribution >= 0.6 is 0 Å². The van der Waals surface area contributed by atoms with Gasteiger partial charge in [0.15, 0.2) is 5.78 Å². The Morgan fingerprint density at radius 2 is 1.75 bits per heavy atom. The summed E-state index contributed by atoms with van der Waals surface area (Å²) in [6, 6.07) is 6.31. The minimum absolute atomic E-state index is 0.129. The highest BCUT2D eigenvalue weighted by molar-refractivity contribution is 6.24. The Kier molecular flexibility index (Phi) is 1.78. The summed E-state index contributed by atoms with van der Waals surface area (Å²) in [4.78, 5) is 11.9. The fourth-order valence-corrected chi connectivity index (χ4v) is 2.32. The monoisotopic (exact) mass is 208 g/mol. The van der Waals surface area contributed by atoms with Crippen LogP contribution in [0.2, 0.25) is 0 Å². The number of aryl methyl sites for hydroxylation is 1. The summed E-state index contributed by atoms with van der Waals surface area (Å²) in [5.41, 5.74) is 6.54. The van der Waals surface area contributed by atoms with Gasteiger partial charge in [0, 0.05) is 5.57 Å². The molecule has 2 aliphatic carbocycles. The second kappa shape index (κ2) is 3.05. The summed E-state index contributed by atoms with van der Waals surface area (Å²) in [5, 5.41) is 0. The van der Waals surface area contributed by atoms with Gasteiger partial charge in [-0.25, -0.2) is 0 Å². The number of hydrogen-bond acceptors (Lipinski definition) is 1. The lowest BCUT2D eigenvalue weighted by molar-refractivity contribution is -0.110. The lowest BCUT2D eigenvalue weighted by atomic mass is 9.92. The van der Waals surface area contributed by atoms with Gasteiger partial charge in [-0.15, -0.1) is 0 Å². The summed E-state index contributed by atoms with van der Waals surface area (Å²) >= 11 is 0. The number of carbonyl (C=O) groups excluding carboxylic acids is 1. The van der Waals surface area contributed by atoms with E-state index in [1.165, 1.54) is 11.1 Å². The van der Waals surface area contributed by atoms with Crippen LogP contribution in [-0.2, 0) is 4.79 Å². The van der Waals surface area contributed by atoms with Crippen LogP contribution < -0.4 is 0 Å². The van der Waals surface area contributed by atoms with Crippen molar-refractivity contribution in [1.82, 2.24) is 0 Å². The molecule has 3 rings (SSSR count). The lowest BCUT2D eigenvalue weighted by Crippen LogP contribution is -2.03. The third-order valence-electron chi connectivity index (χ3n) is 3.09. The van der Waals surface area contributed by atoms with E-state index in [1.54, 1.807) is 6.08 Å². The average molecular weight is 208 g/mol.